The van der Waals surface area contributed by atoms with Crippen LogP contribution in [0, 0.1) is 5.92 Å². The minimum absolute atomic E-state index is 0.0163. The van der Waals surface area contributed by atoms with E-state index in [0.29, 0.717) is 29.5 Å². The minimum atomic E-state index is -0.450. The summed E-state index contributed by atoms with van der Waals surface area (Å²) in [5, 5.41) is 6.90. The molecule has 1 aliphatic carbocycles. The molecule has 172 valence electrons. The zero-order valence-corrected chi connectivity index (χ0v) is 19.9. The zero-order valence-electron chi connectivity index (χ0n) is 19.1. The maximum absolute atomic E-state index is 12.9. The van der Waals surface area contributed by atoms with Gasteiger partial charge in [-0.2, -0.15) is 0 Å². The van der Waals surface area contributed by atoms with Gasteiger partial charge in [0.25, 0.3) is 0 Å². The monoisotopic (exact) mass is 463 g/mol. The summed E-state index contributed by atoms with van der Waals surface area (Å²) < 4.78 is 5.34. The van der Waals surface area contributed by atoms with Gasteiger partial charge >= 0.3 is 5.97 Å². The molecule has 0 bridgehead atoms. The Bertz CT molecular complexity index is 1100. The lowest BCUT2D eigenvalue weighted by Gasteiger charge is -2.37. The smallest absolute Gasteiger partial charge is 0.338 e. The number of allylic oxidation sites excluding steroid dienone is 1. The number of nitrogens with one attached hydrogen (secondary N) is 2. The zero-order chi connectivity index (χ0) is 23.5. The molecule has 1 aliphatic heterocycles. The van der Waals surface area contributed by atoms with Gasteiger partial charge in [-0.3, -0.25) is 4.79 Å². The molecule has 2 aliphatic rings. The van der Waals surface area contributed by atoms with Gasteiger partial charge in [0.2, 0.25) is 5.91 Å². The number of carbonyl (C=O) groups is 2. The van der Waals surface area contributed by atoms with Crippen molar-refractivity contribution in [2.45, 2.75) is 39.2 Å². The lowest BCUT2D eigenvalue weighted by molar-refractivity contribution is -0.139. The Kier molecular flexibility index (Phi) is 6.79. The van der Waals surface area contributed by atoms with E-state index in [1.807, 2.05) is 61.2 Å². The van der Waals surface area contributed by atoms with Crippen LogP contribution in [0.15, 0.2) is 65.9 Å². The number of amides is 1. The molecule has 0 unspecified atom stereocenters. The minimum Gasteiger partial charge on any atom is -0.463 e. The molecule has 1 fully saturated rings. The Hall–Kier alpha value is -3.19. The number of nitrogens with zero attached hydrogens (tertiary/aromatic N) is 1. The molecule has 2 aromatic rings. The van der Waals surface area contributed by atoms with E-state index in [4.69, 9.17) is 17.0 Å². The number of ether oxygens (including phenoxy) is 1. The molecule has 33 heavy (non-hydrogen) atoms. The van der Waals surface area contributed by atoms with Crippen LogP contribution in [-0.2, 0) is 14.3 Å². The number of carbonyl (C=O) groups excluding carboxylic acids is 2. The second kappa shape index (κ2) is 9.75. The number of esters is 1. The van der Waals surface area contributed by atoms with E-state index in [2.05, 4.69) is 22.8 Å². The molecule has 1 heterocycles. The number of hydrogen-bond donors (Lipinski definition) is 2. The quantitative estimate of drug-likeness (QED) is 0.465. The van der Waals surface area contributed by atoms with Gasteiger partial charge in [-0.1, -0.05) is 42.5 Å². The van der Waals surface area contributed by atoms with Gasteiger partial charge in [-0.15, -0.1) is 0 Å². The Morgan fingerprint density at radius 2 is 1.85 bits per heavy atom. The van der Waals surface area contributed by atoms with Gasteiger partial charge < -0.3 is 20.3 Å². The summed E-state index contributed by atoms with van der Waals surface area (Å²) in [6, 6.07) is 17.2. The fourth-order valence-corrected chi connectivity index (χ4v) is 4.85. The van der Waals surface area contributed by atoms with E-state index >= 15 is 0 Å². The van der Waals surface area contributed by atoms with Crippen molar-refractivity contribution >= 4 is 34.9 Å². The van der Waals surface area contributed by atoms with E-state index < -0.39 is 6.04 Å². The molecule has 0 spiro atoms. The fraction of sp³-hybridized carbons (Fsp3) is 0.346. The van der Waals surface area contributed by atoms with Crippen molar-refractivity contribution in [1.29, 1.82) is 0 Å². The van der Waals surface area contributed by atoms with Crippen molar-refractivity contribution in [3.8, 4) is 0 Å². The highest BCUT2D eigenvalue weighted by molar-refractivity contribution is 7.80. The second-order valence-corrected chi connectivity index (χ2v) is 8.71. The van der Waals surface area contributed by atoms with Crippen LogP contribution in [-0.4, -0.2) is 35.0 Å². The molecule has 0 saturated heterocycles. The third-order valence-electron chi connectivity index (χ3n) is 6.25. The number of thiocarbonyl (C=S) groups is 1. The Morgan fingerprint density at radius 1 is 1.12 bits per heavy atom. The van der Waals surface area contributed by atoms with E-state index in [1.54, 1.807) is 6.92 Å². The van der Waals surface area contributed by atoms with E-state index in [9.17, 15) is 9.59 Å². The van der Waals surface area contributed by atoms with Gasteiger partial charge in [-0.25, -0.2) is 4.79 Å². The van der Waals surface area contributed by atoms with Crippen LogP contribution < -0.4 is 10.6 Å². The Labute approximate surface area is 200 Å². The molecular formula is C26H29N3O3S. The molecule has 6 nitrogen and oxygen atoms in total. The predicted octanol–water partition coefficient (Wildman–Crippen LogP) is 4.52. The molecular weight excluding hydrogens is 434 g/mol. The molecule has 0 aromatic heterocycles. The molecule has 1 amide bonds. The summed E-state index contributed by atoms with van der Waals surface area (Å²) in [6.07, 6.45) is 0.857. The van der Waals surface area contributed by atoms with E-state index in [1.165, 1.54) is 5.56 Å². The van der Waals surface area contributed by atoms with Crippen LogP contribution >= 0.6 is 12.2 Å². The summed E-state index contributed by atoms with van der Waals surface area (Å²) in [7, 11) is 0. The van der Waals surface area contributed by atoms with Crippen LogP contribution in [0.2, 0.25) is 0 Å². The molecule has 3 atom stereocenters. The van der Waals surface area contributed by atoms with Gasteiger partial charge in [0, 0.05) is 23.8 Å². The van der Waals surface area contributed by atoms with E-state index in [0.717, 1.165) is 17.7 Å². The highest BCUT2D eigenvalue weighted by atomic mass is 32.1. The summed E-state index contributed by atoms with van der Waals surface area (Å²) >= 11 is 5.55. The highest BCUT2D eigenvalue weighted by Gasteiger charge is 2.44. The molecule has 0 radical (unpaired) electrons. The standard InChI is InChI=1S/C26H29N3O3S/c1-4-29-16(3)22(25(31)32-5-2)23(28-26(29)33)18-12-9-13-19(14-18)27-24(30)21-15-20(21)17-10-7-6-8-11-17/h6-14,20-21,23H,4-5,15H2,1-3H3,(H,27,30)(H,28,33)/t20-,21-,23+/m0/s1. The topological polar surface area (TPSA) is 70.7 Å². The van der Waals surface area contributed by atoms with Crippen molar-refractivity contribution < 1.29 is 14.3 Å². The molecule has 7 heteroatoms. The maximum Gasteiger partial charge on any atom is 0.338 e. The van der Waals surface area contributed by atoms with Crippen LogP contribution in [0.1, 0.15) is 50.3 Å². The summed E-state index contributed by atoms with van der Waals surface area (Å²) in [4.78, 5) is 27.6. The van der Waals surface area contributed by atoms with E-state index in [-0.39, 0.29) is 23.7 Å². The normalized spacial score (nSPS) is 22.0. The van der Waals surface area contributed by atoms with Gasteiger partial charge in [-0.05, 0) is 68.6 Å². The molecule has 1 saturated carbocycles. The molecule has 4 rings (SSSR count). The highest BCUT2D eigenvalue weighted by Crippen LogP contribution is 2.48. The van der Waals surface area contributed by atoms with Crippen LogP contribution in [0.3, 0.4) is 0 Å². The Balaban J connectivity index is 1.55. The van der Waals surface area contributed by atoms with Crippen molar-refractivity contribution in [2.24, 2.45) is 5.92 Å². The molecule has 2 N–H and O–H groups in total. The van der Waals surface area contributed by atoms with Gasteiger partial charge in [0.15, 0.2) is 5.11 Å². The van der Waals surface area contributed by atoms with Crippen molar-refractivity contribution in [2.75, 3.05) is 18.5 Å². The lowest BCUT2D eigenvalue weighted by Crippen LogP contribution is -2.47. The first-order valence-corrected chi connectivity index (χ1v) is 11.8. The second-order valence-electron chi connectivity index (χ2n) is 8.32. The first-order valence-electron chi connectivity index (χ1n) is 11.4. The van der Waals surface area contributed by atoms with Crippen molar-refractivity contribution in [3.63, 3.8) is 0 Å². The number of rotatable bonds is 7. The summed E-state index contributed by atoms with van der Waals surface area (Å²) in [6.45, 7) is 6.60. The van der Waals surface area contributed by atoms with Crippen molar-refractivity contribution in [1.82, 2.24) is 10.2 Å². The first kappa shape index (κ1) is 23.0. The van der Waals surface area contributed by atoms with Crippen LogP contribution in [0.5, 0.6) is 0 Å². The van der Waals surface area contributed by atoms with Gasteiger partial charge in [0.1, 0.15) is 0 Å². The van der Waals surface area contributed by atoms with Crippen LogP contribution in [0.25, 0.3) is 0 Å². The summed E-state index contributed by atoms with van der Waals surface area (Å²) in [5.74, 6) is -0.103. The number of hydrogen-bond acceptors (Lipinski definition) is 4. The SMILES string of the molecule is CCOC(=O)C1=C(C)N(CC)C(=S)N[C@@H]1c1cccc(NC(=O)[C@H]2C[C@H]2c2ccccc2)c1. The largest absolute Gasteiger partial charge is 0.463 e. The van der Waals surface area contributed by atoms with Crippen LogP contribution in [0.4, 0.5) is 5.69 Å². The fourth-order valence-electron chi connectivity index (χ4n) is 4.47. The Morgan fingerprint density at radius 3 is 2.55 bits per heavy atom. The summed E-state index contributed by atoms with van der Waals surface area (Å²) in [5.41, 5.74) is 4.04. The lowest BCUT2D eigenvalue weighted by atomic mass is 9.94. The number of benzene rings is 2. The third kappa shape index (κ3) is 4.78. The average molecular weight is 464 g/mol. The van der Waals surface area contributed by atoms with Gasteiger partial charge in [0.05, 0.1) is 18.2 Å². The van der Waals surface area contributed by atoms with Crippen molar-refractivity contribution in [3.05, 3.63) is 77.0 Å². The third-order valence-corrected chi connectivity index (χ3v) is 6.59. The maximum atomic E-state index is 12.9. The average Bonchev–Trinajstić information content (AvgIpc) is 3.61. The first-order chi connectivity index (χ1) is 15.9. The predicted molar refractivity (Wildman–Crippen MR) is 133 cm³/mol. The number of anilines is 1. The molecule has 2 aromatic carbocycles.